The minimum absolute atomic E-state index is 0.187. The predicted molar refractivity (Wildman–Crippen MR) is 83.9 cm³/mol. The summed E-state index contributed by atoms with van der Waals surface area (Å²) in [5.41, 5.74) is 0.722. The average molecular weight is 326 g/mol. The largest absolute Gasteiger partial charge is 0.370 e. The molecule has 6 nitrogen and oxygen atoms in total. The number of rotatable bonds is 7. The lowest BCUT2D eigenvalue weighted by Crippen LogP contribution is -2.23. The van der Waals surface area contributed by atoms with Gasteiger partial charge in [0.15, 0.2) is 0 Å². The van der Waals surface area contributed by atoms with E-state index in [0.717, 1.165) is 23.7 Å². The summed E-state index contributed by atoms with van der Waals surface area (Å²) in [5.74, 6) is 0.559. The molecule has 0 aliphatic heterocycles. The van der Waals surface area contributed by atoms with E-state index in [4.69, 9.17) is 0 Å². The lowest BCUT2D eigenvalue weighted by Gasteiger charge is -2.08. The molecule has 0 atom stereocenters. The number of sulfonamides is 1. The maximum Gasteiger partial charge on any atom is 0.241 e. The maximum absolute atomic E-state index is 12.2. The molecule has 2 rings (SSSR count). The first-order valence-corrected chi connectivity index (χ1v) is 8.98. The highest BCUT2D eigenvalue weighted by atomic mass is 32.2. The zero-order valence-corrected chi connectivity index (χ0v) is 13.6. The summed E-state index contributed by atoms with van der Waals surface area (Å²) in [6, 6.07) is 3.01. The van der Waals surface area contributed by atoms with Crippen molar-refractivity contribution < 1.29 is 8.42 Å². The number of pyridine rings is 1. The summed E-state index contributed by atoms with van der Waals surface area (Å²) < 4.78 is 27.0. The summed E-state index contributed by atoms with van der Waals surface area (Å²) in [4.78, 5) is 8.53. The lowest BCUT2D eigenvalue weighted by molar-refractivity contribution is 0.580. The summed E-state index contributed by atoms with van der Waals surface area (Å²) >= 11 is 1.50. The van der Waals surface area contributed by atoms with Crippen LogP contribution in [-0.4, -0.2) is 24.9 Å². The van der Waals surface area contributed by atoms with Crippen molar-refractivity contribution in [3.05, 3.63) is 34.4 Å². The summed E-state index contributed by atoms with van der Waals surface area (Å²) in [7, 11) is -3.56. The van der Waals surface area contributed by atoms with E-state index in [9.17, 15) is 8.42 Å². The molecule has 0 aliphatic carbocycles. The normalized spacial score (nSPS) is 11.5. The number of hydrogen-bond donors (Lipinski definition) is 2. The van der Waals surface area contributed by atoms with Gasteiger partial charge in [-0.05, 0) is 19.4 Å². The molecule has 8 heteroatoms. The van der Waals surface area contributed by atoms with Gasteiger partial charge in [0.1, 0.15) is 5.82 Å². The van der Waals surface area contributed by atoms with E-state index in [1.165, 1.54) is 29.7 Å². The van der Waals surface area contributed by atoms with Crippen LogP contribution in [-0.2, 0) is 16.6 Å². The first-order chi connectivity index (χ1) is 10.0. The van der Waals surface area contributed by atoms with Crippen molar-refractivity contribution in [3.63, 3.8) is 0 Å². The van der Waals surface area contributed by atoms with Crippen molar-refractivity contribution in [1.29, 1.82) is 0 Å². The van der Waals surface area contributed by atoms with E-state index in [-0.39, 0.29) is 11.4 Å². The van der Waals surface area contributed by atoms with Crippen molar-refractivity contribution in [2.75, 3.05) is 11.9 Å². The topological polar surface area (TPSA) is 84.0 Å². The van der Waals surface area contributed by atoms with E-state index in [1.54, 1.807) is 0 Å². The molecule has 0 saturated heterocycles. The van der Waals surface area contributed by atoms with Crippen LogP contribution in [0, 0.1) is 6.92 Å². The molecule has 0 spiro atoms. The van der Waals surface area contributed by atoms with E-state index in [0.29, 0.717) is 5.82 Å². The summed E-state index contributed by atoms with van der Waals surface area (Å²) in [5, 5.41) is 5.83. The number of nitrogens with zero attached hydrogens (tertiary/aromatic N) is 2. The molecule has 0 aromatic carbocycles. The Hall–Kier alpha value is -1.51. The van der Waals surface area contributed by atoms with Crippen molar-refractivity contribution in [2.45, 2.75) is 31.7 Å². The second kappa shape index (κ2) is 6.97. The Morgan fingerprint density at radius 1 is 1.38 bits per heavy atom. The van der Waals surface area contributed by atoms with Gasteiger partial charge in [0.25, 0.3) is 0 Å². The van der Waals surface area contributed by atoms with E-state index < -0.39 is 10.0 Å². The molecule has 21 heavy (non-hydrogen) atoms. The zero-order chi connectivity index (χ0) is 15.3. The maximum atomic E-state index is 12.2. The van der Waals surface area contributed by atoms with Crippen LogP contribution in [0.4, 0.5) is 5.82 Å². The first-order valence-electron chi connectivity index (χ1n) is 6.62. The third-order valence-corrected chi connectivity index (χ3v) is 4.93. The molecular formula is C13H18N4O2S2. The molecule has 0 saturated carbocycles. The SMILES string of the molecule is CCCNc1cc(S(=O)(=O)NCc2csc(C)n2)ccn1. The number of thiazole rings is 1. The molecule has 0 radical (unpaired) electrons. The fraction of sp³-hybridized carbons (Fsp3) is 0.385. The van der Waals surface area contributed by atoms with Gasteiger partial charge >= 0.3 is 0 Å². The Balaban J connectivity index is 2.08. The van der Waals surface area contributed by atoms with Crippen LogP contribution < -0.4 is 10.0 Å². The van der Waals surface area contributed by atoms with E-state index in [1.807, 2.05) is 19.2 Å². The Morgan fingerprint density at radius 2 is 2.19 bits per heavy atom. The number of aromatic nitrogens is 2. The van der Waals surface area contributed by atoms with Crippen LogP contribution in [0.15, 0.2) is 28.6 Å². The van der Waals surface area contributed by atoms with Gasteiger partial charge in [0, 0.05) is 24.2 Å². The molecule has 2 heterocycles. The van der Waals surface area contributed by atoms with Gasteiger partial charge in [-0.25, -0.2) is 23.1 Å². The number of hydrogen-bond acceptors (Lipinski definition) is 6. The highest BCUT2D eigenvalue weighted by molar-refractivity contribution is 7.89. The standard InChI is InChI=1S/C13H18N4O2S2/c1-3-5-14-13-7-12(4-6-15-13)21(18,19)16-8-11-9-20-10(2)17-11/h4,6-7,9,16H,3,5,8H2,1-2H3,(H,14,15). The fourth-order valence-corrected chi connectivity index (χ4v) is 3.29. The molecule has 0 bridgehead atoms. The molecule has 0 unspecified atom stereocenters. The molecule has 0 aliphatic rings. The van der Waals surface area contributed by atoms with Gasteiger partial charge in [0.05, 0.1) is 22.1 Å². The molecule has 2 aromatic rings. The molecule has 0 fully saturated rings. The van der Waals surface area contributed by atoms with E-state index >= 15 is 0 Å². The Kier molecular flexibility index (Phi) is 5.27. The molecular weight excluding hydrogens is 308 g/mol. The first kappa shape index (κ1) is 15.9. The van der Waals surface area contributed by atoms with Crippen molar-refractivity contribution in [1.82, 2.24) is 14.7 Å². The number of nitrogens with one attached hydrogen (secondary N) is 2. The van der Waals surface area contributed by atoms with Crippen molar-refractivity contribution >= 4 is 27.2 Å². The predicted octanol–water partition coefficient (Wildman–Crippen LogP) is 2.15. The summed E-state index contributed by atoms with van der Waals surface area (Å²) in [6.45, 7) is 4.86. The van der Waals surface area contributed by atoms with E-state index in [2.05, 4.69) is 20.0 Å². The smallest absolute Gasteiger partial charge is 0.241 e. The van der Waals surface area contributed by atoms with Gasteiger partial charge in [-0.15, -0.1) is 11.3 Å². The van der Waals surface area contributed by atoms with Crippen molar-refractivity contribution in [2.24, 2.45) is 0 Å². The third kappa shape index (κ3) is 4.48. The average Bonchev–Trinajstić information content (AvgIpc) is 2.89. The number of anilines is 1. The quantitative estimate of drug-likeness (QED) is 0.814. The van der Waals surface area contributed by atoms with Crippen molar-refractivity contribution in [3.8, 4) is 0 Å². The second-order valence-corrected chi connectivity index (χ2v) is 7.32. The molecule has 2 N–H and O–H groups in total. The Morgan fingerprint density at radius 3 is 2.86 bits per heavy atom. The van der Waals surface area contributed by atoms with Crippen LogP contribution in [0.2, 0.25) is 0 Å². The number of aryl methyl sites for hydroxylation is 1. The van der Waals surface area contributed by atoms with Crippen LogP contribution in [0.3, 0.4) is 0 Å². The van der Waals surface area contributed by atoms with Crippen LogP contribution in [0.5, 0.6) is 0 Å². The highest BCUT2D eigenvalue weighted by Crippen LogP contribution is 2.14. The fourth-order valence-electron chi connectivity index (χ4n) is 1.67. The molecule has 0 amide bonds. The van der Waals surface area contributed by atoms with Gasteiger partial charge in [-0.3, -0.25) is 0 Å². The van der Waals surface area contributed by atoms with Crippen LogP contribution in [0.25, 0.3) is 0 Å². The second-order valence-electron chi connectivity index (χ2n) is 4.49. The lowest BCUT2D eigenvalue weighted by atomic mass is 10.4. The van der Waals surface area contributed by atoms with Gasteiger partial charge in [-0.1, -0.05) is 6.92 Å². The third-order valence-electron chi connectivity index (χ3n) is 2.71. The van der Waals surface area contributed by atoms with Crippen LogP contribution in [0.1, 0.15) is 24.0 Å². The van der Waals surface area contributed by atoms with Gasteiger partial charge in [0.2, 0.25) is 10.0 Å². The highest BCUT2D eigenvalue weighted by Gasteiger charge is 2.15. The minimum atomic E-state index is -3.56. The molecule has 2 aromatic heterocycles. The van der Waals surface area contributed by atoms with Gasteiger partial charge < -0.3 is 5.32 Å². The Bertz CT molecular complexity index is 698. The zero-order valence-electron chi connectivity index (χ0n) is 12.0. The minimum Gasteiger partial charge on any atom is -0.370 e. The van der Waals surface area contributed by atoms with Crippen LogP contribution >= 0.6 is 11.3 Å². The Labute approximate surface area is 128 Å². The summed E-state index contributed by atoms with van der Waals surface area (Å²) in [6.07, 6.45) is 2.43. The molecule has 114 valence electrons. The monoisotopic (exact) mass is 326 g/mol. The van der Waals surface area contributed by atoms with Gasteiger partial charge in [-0.2, -0.15) is 0 Å².